The molecule has 4 bridgehead atoms. The van der Waals surface area contributed by atoms with Gasteiger partial charge in [-0.05, 0) is 88.4 Å². The van der Waals surface area contributed by atoms with Crippen LogP contribution in [0.15, 0.2) is 0 Å². The van der Waals surface area contributed by atoms with Gasteiger partial charge in [0, 0.05) is 7.11 Å². The molecule has 2 heteroatoms. The third-order valence-electron chi connectivity index (χ3n) is 6.36. The lowest BCUT2D eigenvalue weighted by Crippen LogP contribution is -2.51. The summed E-state index contributed by atoms with van der Waals surface area (Å²) in [5, 5.41) is 10.8. The van der Waals surface area contributed by atoms with Crippen LogP contribution in [0.3, 0.4) is 0 Å². The van der Waals surface area contributed by atoms with Crippen molar-refractivity contribution in [2.24, 2.45) is 23.2 Å². The summed E-state index contributed by atoms with van der Waals surface area (Å²) in [6, 6.07) is 0. The summed E-state index contributed by atoms with van der Waals surface area (Å²) in [5.74, 6) is 2.78. The van der Waals surface area contributed by atoms with E-state index in [1.165, 1.54) is 38.5 Å². The van der Waals surface area contributed by atoms with E-state index in [1.54, 1.807) is 7.11 Å². The molecule has 0 heterocycles. The molecule has 0 aliphatic heterocycles. The van der Waals surface area contributed by atoms with E-state index >= 15 is 0 Å². The van der Waals surface area contributed by atoms with Crippen molar-refractivity contribution in [1.82, 2.24) is 0 Å². The number of methoxy groups -OCH3 is 1. The Morgan fingerprint density at radius 1 is 1.11 bits per heavy atom. The van der Waals surface area contributed by atoms with Gasteiger partial charge in [-0.2, -0.15) is 0 Å². The Balaban J connectivity index is 1.64. The number of hydrogen-bond donors (Lipinski definition) is 1. The van der Waals surface area contributed by atoms with Gasteiger partial charge in [-0.25, -0.2) is 0 Å². The van der Waals surface area contributed by atoms with Crippen molar-refractivity contribution in [1.29, 1.82) is 0 Å². The molecule has 1 N–H and O–H groups in total. The first-order valence-corrected chi connectivity index (χ1v) is 8.16. The van der Waals surface area contributed by atoms with Crippen LogP contribution in [0.25, 0.3) is 0 Å². The molecule has 1 atom stereocenters. The van der Waals surface area contributed by atoms with Gasteiger partial charge in [-0.15, -0.1) is 0 Å². The smallest absolute Gasteiger partial charge is 0.0623 e. The highest BCUT2D eigenvalue weighted by atomic mass is 16.5. The second kappa shape index (κ2) is 4.73. The maximum absolute atomic E-state index is 10.8. The van der Waals surface area contributed by atoms with E-state index in [9.17, 15) is 5.11 Å². The lowest BCUT2D eigenvalue weighted by atomic mass is 9.48. The quantitative estimate of drug-likeness (QED) is 0.821. The number of rotatable bonds is 5. The van der Waals surface area contributed by atoms with Gasteiger partial charge in [0.25, 0.3) is 0 Å². The molecular weight excluding hydrogens is 236 g/mol. The van der Waals surface area contributed by atoms with E-state index in [4.69, 9.17) is 4.74 Å². The zero-order valence-corrected chi connectivity index (χ0v) is 12.8. The van der Waals surface area contributed by atoms with Gasteiger partial charge in [0.1, 0.15) is 0 Å². The first-order chi connectivity index (χ1) is 8.92. The lowest BCUT2D eigenvalue weighted by Gasteiger charge is -2.58. The molecular formula is C17H30O2. The summed E-state index contributed by atoms with van der Waals surface area (Å²) < 4.78 is 5.50. The van der Waals surface area contributed by atoms with Crippen LogP contribution in [-0.2, 0) is 4.74 Å². The fraction of sp³-hybridized carbons (Fsp3) is 1.00. The minimum absolute atomic E-state index is 0.0940. The molecule has 4 fully saturated rings. The highest BCUT2D eigenvalue weighted by molar-refractivity contribution is 5.04. The average Bonchev–Trinajstić information content (AvgIpc) is 2.34. The standard InChI is InChI=1S/C17H30O2/c1-16(2,19-3)5-4-15(18)17-9-12-6-13(10-17)8-14(7-12)11-17/h12-15,18H,4-11H2,1-3H3. The third kappa shape index (κ3) is 2.58. The van der Waals surface area contributed by atoms with Crippen LogP contribution in [0, 0.1) is 23.2 Å². The number of ether oxygens (including phenoxy) is 1. The molecule has 0 aromatic rings. The Morgan fingerprint density at radius 3 is 2.00 bits per heavy atom. The summed E-state index contributed by atoms with van der Waals surface area (Å²) >= 11 is 0. The summed E-state index contributed by atoms with van der Waals surface area (Å²) in [7, 11) is 1.77. The molecule has 0 spiro atoms. The van der Waals surface area contributed by atoms with Crippen LogP contribution in [0.4, 0.5) is 0 Å². The zero-order valence-electron chi connectivity index (χ0n) is 12.8. The Bertz CT molecular complexity index is 299. The fourth-order valence-electron chi connectivity index (χ4n) is 5.48. The SMILES string of the molecule is COC(C)(C)CCC(O)C12CC3CC(CC(C3)C1)C2. The molecule has 0 saturated heterocycles. The molecule has 19 heavy (non-hydrogen) atoms. The van der Waals surface area contributed by atoms with Crippen molar-refractivity contribution in [3.8, 4) is 0 Å². The van der Waals surface area contributed by atoms with Gasteiger partial charge >= 0.3 is 0 Å². The molecule has 4 saturated carbocycles. The normalized spacial score (nSPS) is 42.6. The highest BCUT2D eigenvalue weighted by Gasteiger charge is 2.53. The van der Waals surface area contributed by atoms with Crippen LogP contribution in [0.1, 0.15) is 65.2 Å². The number of aliphatic hydroxyl groups excluding tert-OH is 1. The van der Waals surface area contributed by atoms with Gasteiger partial charge in [0.2, 0.25) is 0 Å². The molecule has 4 aliphatic rings. The van der Waals surface area contributed by atoms with E-state index in [1.807, 2.05) is 0 Å². The zero-order chi connectivity index (χ0) is 13.7. The maximum Gasteiger partial charge on any atom is 0.0623 e. The highest BCUT2D eigenvalue weighted by Crippen LogP contribution is 2.61. The van der Waals surface area contributed by atoms with Gasteiger partial charge < -0.3 is 9.84 Å². The average molecular weight is 266 g/mol. The van der Waals surface area contributed by atoms with Crippen LogP contribution in [-0.4, -0.2) is 23.9 Å². The van der Waals surface area contributed by atoms with Crippen molar-refractivity contribution in [2.45, 2.75) is 76.9 Å². The van der Waals surface area contributed by atoms with E-state index < -0.39 is 0 Å². The largest absolute Gasteiger partial charge is 0.393 e. The molecule has 4 aliphatic carbocycles. The van der Waals surface area contributed by atoms with Crippen LogP contribution in [0.2, 0.25) is 0 Å². The molecule has 0 aromatic carbocycles. The Morgan fingerprint density at radius 2 is 1.58 bits per heavy atom. The van der Waals surface area contributed by atoms with Crippen molar-refractivity contribution in [3.05, 3.63) is 0 Å². The van der Waals surface area contributed by atoms with Gasteiger partial charge in [0.15, 0.2) is 0 Å². The Labute approximate surface area is 117 Å². The molecule has 110 valence electrons. The molecule has 1 unspecified atom stereocenters. The second-order valence-electron chi connectivity index (χ2n) is 8.30. The Hall–Kier alpha value is -0.0800. The summed E-state index contributed by atoms with van der Waals surface area (Å²) in [5.41, 5.74) is 0.182. The van der Waals surface area contributed by atoms with Crippen LogP contribution < -0.4 is 0 Å². The van der Waals surface area contributed by atoms with Gasteiger partial charge in [0.05, 0.1) is 11.7 Å². The molecule has 0 radical (unpaired) electrons. The molecule has 0 amide bonds. The summed E-state index contributed by atoms with van der Waals surface area (Å²) in [6.07, 6.45) is 10.0. The van der Waals surface area contributed by atoms with Crippen LogP contribution >= 0.6 is 0 Å². The minimum Gasteiger partial charge on any atom is -0.393 e. The van der Waals surface area contributed by atoms with Gasteiger partial charge in [-0.1, -0.05) is 0 Å². The topological polar surface area (TPSA) is 29.5 Å². The monoisotopic (exact) mass is 266 g/mol. The summed E-state index contributed by atoms with van der Waals surface area (Å²) in [6.45, 7) is 4.25. The predicted molar refractivity (Wildman–Crippen MR) is 76.9 cm³/mol. The van der Waals surface area contributed by atoms with E-state index in [-0.39, 0.29) is 17.1 Å². The van der Waals surface area contributed by atoms with Crippen molar-refractivity contribution in [3.63, 3.8) is 0 Å². The first kappa shape index (κ1) is 13.9. The molecule has 0 aromatic heterocycles. The van der Waals surface area contributed by atoms with Gasteiger partial charge in [-0.3, -0.25) is 0 Å². The van der Waals surface area contributed by atoms with Crippen molar-refractivity contribution < 1.29 is 9.84 Å². The lowest BCUT2D eigenvalue weighted by molar-refractivity contribution is -0.127. The van der Waals surface area contributed by atoms with Crippen molar-refractivity contribution in [2.75, 3.05) is 7.11 Å². The summed E-state index contributed by atoms with van der Waals surface area (Å²) in [4.78, 5) is 0. The fourth-order valence-corrected chi connectivity index (χ4v) is 5.48. The van der Waals surface area contributed by atoms with Crippen molar-refractivity contribution >= 4 is 0 Å². The van der Waals surface area contributed by atoms with E-state index in [0.717, 1.165) is 30.6 Å². The number of aliphatic hydroxyl groups is 1. The number of hydrogen-bond acceptors (Lipinski definition) is 2. The van der Waals surface area contributed by atoms with E-state index in [0.29, 0.717) is 0 Å². The van der Waals surface area contributed by atoms with Crippen LogP contribution in [0.5, 0.6) is 0 Å². The molecule has 2 nitrogen and oxygen atoms in total. The third-order valence-corrected chi connectivity index (χ3v) is 6.36. The maximum atomic E-state index is 10.8. The minimum atomic E-state index is -0.102. The Kier molecular flexibility index (Phi) is 3.46. The first-order valence-electron chi connectivity index (χ1n) is 8.16. The second-order valence-corrected chi connectivity index (χ2v) is 8.30. The predicted octanol–water partition coefficient (Wildman–Crippen LogP) is 3.77. The molecule has 4 rings (SSSR count). The van der Waals surface area contributed by atoms with E-state index in [2.05, 4.69) is 13.8 Å².